The Bertz CT molecular complexity index is 1070. The Kier molecular flexibility index (Phi) is 10.5. The van der Waals surface area contributed by atoms with Crippen LogP contribution >= 0.6 is 0 Å². The first-order valence-electron chi connectivity index (χ1n) is 15.3. The molecule has 10 heteroatoms. The van der Waals surface area contributed by atoms with Gasteiger partial charge in [0, 0.05) is 51.1 Å². The van der Waals surface area contributed by atoms with Crippen molar-refractivity contribution in [3.63, 3.8) is 0 Å². The Morgan fingerprint density at radius 3 is 2.54 bits per heavy atom. The number of hydrogen-bond acceptors (Lipinski definition) is 6. The summed E-state index contributed by atoms with van der Waals surface area (Å²) in [6.45, 7) is 6.64. The van der Waals surface area contributed by atoms with Gasteiger partial charge in [0.2, 0.25) is 18.6 Å². The van der Waals surface area contributed by atoms with E-state index in [1.807, 2.05) is 28.0 Å². The second-order valence-corrected chi connectivity index (χ2v) is 12.8. The number of ether oxygens (including phenoxy) is 2. The molecule has 1 aromatic rings. The molecular formula is C31H49N4O6+. The number of nitrogens with zero attached hydrogens (tertiary/aromatic N) is 4. The summed E-state index contributed by atoms with van der Waals surface area (Å²) < 4.78 is 12.0. The van der Waals surface area contributed by atoms with Crippen LogP contribution < -0.4 is 9.47 Å². The minimum atomic E-state index is -0.872. The molecule has 3 aliphatic heterocycles. The van der Waals surface area contributed by atoms with E-state index in [2.05, 4.69) is 33.0 Å². The molecule has 3 heterocycles. The highest BCUT2D eigenvalue weighted by molar-refractivity contribution is 5.79. The quantitative estimate of drug-likeness (QED) is 0.254. The number of likely N-dealkylation sites (tertiary alicyclic amines) is 2. The van der Waals surface area contributed by atoms with E-state index in [0.29, 0.717) is 57.1 Å². The fraction of sp³-hybridized carbons (Fsp3) is 0.710. The van der Waals surface area contributed by atoms with Gasteiger partial charge in [-0.2, -0.15) is 0 Å². The lowest BCUT2D eigenvalue weighted by molar-refractivity contribution is -0.870. The van der Waals surface area contributed by atoms with E-state index in [-0.39, 0.29) is 37.1 Å². The number of hydrogen-bond donors (Lipinski definition) is 1. The van der Waals surface area contributed by atoms with Gasteiger partial charge in [-0.3, -0.25) is 19.3 Å². The van der Waals surface area contributed by atoms with Crippen LogP contribution in [-0.2, 0) is 14.4 Å². The van der Waals surface area contributed by atoms with Crippen LogP contribution in [0.1, 0.15) is 63.4 Å². The van der Waals surface area contributed by atoms with Crippen LogP contribution in [0.2, 0.25) is 0 Å². The first-order chi connectivity index (χ1) is 19.6. The Morgan fingerprint density at radius 2 is 1.85 bits per heavy atom. The number of rotatable bonds is 15. The van der Waals surface area contributed by atoms with E-state index < -0.39 is 11.9 Å². The summed E-state index contributed by atoms with van der Waals surface area (Å²) in [5, 5.41) is 10.5. The lowest BCUT2D eigenvalue weighted by Gasteiger charge is -2.31. The summed E-state index contributed by atoms with van der Waals surface area (Å²) in [7, 11) is 6.54. The zero-order chi connectivity index (χ0) is 29.6. The Morgan fingerprint density at radius 1 is 1.10 bits per heavy atom. The van der Waals surface area contributed by atoms with Crippen molar-refractivity contribution in [2.24, 2.45) is 5.92 Å². The highest BCUT2D eigenvalue weighted by atomic mass is 16.7. The molecule has 0 saturated carbocycles. The average molecular weight is 574 g/mol. The molecule has 3 unspecified atom stereocenters. The molecule has 2 saturated heterocycles. The third-order valence-electron chi connectivity index (χ3n) is 8.70. The van der Waals surface area contributed by atoms with E-state index in [4.69, 9.17) is 9.47 Å². The predicted octanol–water partition coefficient (Wildman–Crippen LogP) is 3.01. The van der Waals surface area contributed by atoms with Gasteiger partial charge in [-0.15, -0.1) is 0 Å². The smallest absolute Gasteiger partial charge is 0.308 e. The first-order valence-corrected chi connectivity index (χ1v) is 15.3. The molecule has 0 aliphatic carbocycles. The third kappa shape index (κ3) is 8.13. The average Bonchev–Trinajstić information content (AvgIpc) is 3.64. The lowest BCUT2D eigenvalue weighted by atomic mass is 9.84. The molecule has 2 amide bonds. The van der Waals surface area contributed by atoms with E-state index in [1.165, 1.54) is 0 Å². The number of carbonyl (C=O) groups excluding carboxylic acids is 2. The van der Waals surface area contributed by atoms with Gasteiger partial charge in [-0.1, -0.05) is 19.4 Å². The Labute approximate surface area is 244 Å². The largest absolute Gasteiger partial charge is 0.481 e. The number of carbonyl (C=O) groups is 3. The molecule has 1 aromatic carbocycles. The predicted molar refractivity (Wildman–Crippen MR) is 156 cm³/mol. The highest BCUT2D eigenvalue weighted by Gasteiger charge is 2.47. The first kappa shape index (κ1) is 31.1. The van der Waals surface area contributed by atoms with Crippen molar-refractivity contribution in [2.45, 2.75) is 63.8 Å². The second-order valence-electron chi connectivity index (χ2n) is 12.8. The number of aliphatic carboxylic acids is 1. The number of quaternary nitrogens is 1. The van der Waals surface area contributed by atoms with Crippen molar-refractivity contribution in [2.75, 3.05) is 73.7 Å². The van der Waals surface area contributed by atoms with Gasteiger partial charge >= 0.3 is 5.97 Å². The summed E-state index contributed by atoms with van der Waals surface area (Å²) in [5.41, 5.74) is 0.877. The normalized spacial score (nSPS) is 22.5. The van der Waals surface area contributed by atoms with E-state index >= 15 is 0 Å². The van der Waals surface area contributed by atoms with Gasteiger partial charge in [0.25, 0.3) is 0 Å². The molecule has 0 spiro atoms. The standard InChI is InChI=1S/C31H48N4O6/c1-5-6-14-32(15-7-8-18-35(2,3)4)29(37)21-34-20-24(23-11-12-26-27(19-23)41-22-40-26)30(31(38)39)25(34)13-17-33-16-9-10-28(33)36/h11-12,19,24-25,30H,5-10,13-18,20-22H2,1-4H3/p+1. The van der Waals surface area contributed by atoms with Crippen LogP contribution in [0.25, 0.3) is 0 Å². The molecule has 1 N–H and O–H groups in total. The topological polar surface area (TPSA) is 99.6 Å². The fourth-order valence-electron chi connectivity index (χ4n) is 6.44. The minimum absolute atomic E-state index is 0.0569. The van der Waals surface area contributed by atoms with Gasteiger partial charge in [0.15, 0.2) is 11.5 Å². The molecule has 2 fully saturated rings. The van der Waals surface area contributed by atoms with Gasteiger partial charge in [0.05, 0.1) is 40.2 Å². The monoisotopic (exact) mass is 573 g/mol. The summed E-state index contributed by atoms with van der Waals surface area (Å²) in [6.07, 6.45) is 5.86. The molecule has 3 atom stereocenters. The van der Waals surface area contributed by atoms with E-state index in [9.17, 15) is 19.5 Å². The third-order valence-corrected chi connectivity index (χ3v) is 8.70. The number of amides is 2. The van der Waals surface area contributed by atoms with Gasteiger partial charge in [-0.25, -0.2) is 0 Å². The summed E-state index contributed by atoms with van der Waals surface area (Å²) in [4.78, 5) is 44.8. The maximum Gasteiger partial charge on any atom is 0.308 e. The molecule has 3 aliphatic rings. The molecule has 0 radical (unpaired) electrons. The maximum atomic E-state index is 13.8. The van der Waals surface area contributed by atoms with Crippen molar-refractivity contribution in [1.82, 2.24) is 14.7 Å². The van der Waals surface area contributed by atoms with Crippen LogP contribution in [0.3, 0.4) is 0 Å². The number of benzene rings is 1. The summed E-state index contributed by atoms with van der Waals surface area (Å²) >= 11 is 0. The van der Waals surface area contributed by atoms with Crippen molar-refractivity contribution in [1.29, 1.82) is 0 Å². The zero-order valence-electron chi connectivity index (χ0n) is 25.3. The van der Waals surface area contributed by atoms with Crippen LogP contribution in [0, 0.1) is 5.92 Å². The summed E-state index contributed by atoms with van der Waals surface area (Å²) in [6, 6.07) is 5.29. The molecule has 41 heavy (non-hydrogen) atoms. The van der Waals surface area contributed by atoms with Crippen molar-refractivity contribution in [3.8, 4) is 11.5 Å². The molecule has 0 bridgehead atoms. The lowest BCUT2D eigenvalue weighted by Crippen LogP contribution is -2.46. The fourth-order valence-corrected chi connectivity index (χ4v) is 6.44. The Balaban J connectivity index is 1.52. The minimum Gasteiger partial charge on any atom is -0.481 e. The molecule has 228 valence electrons. The van der Waals surface area contributed by atoms with Crippen molar-refractivity contribution < 1.29 is 33.4 Å². The van der Waals surface area contributed by atoms with Crippen LogP contribution in [-0.4, -0.2) is 122 Å². The van der Waals surface area contributed by atoms with Crippen LogP contribution in [0.5, 0.6) is 11.5 Å². The molecular weight excluding hydrogens is 524 g/mol. The van der Waals surface area contributed by atoms with Gasteiger partial charge < -0.3 is 28.9 Å². The van der Waals surface area contributed by atoms with Crippen molar-refractivity contribution >= 4 is 17.8 Å². The van der Waals surface area contributed by atoms with Crippen LogP contribution in [0.15, 0.2) is 18.2 Å². The number of carboxylic acid groups (broad SMARTS) is 1. The van der Waals surface area contributed by atoms with E-state index in [0.717, 1.165) is 48.7 Å². The SMILES string of the molecule is CCCCN(CCCC[N+](C)(C)C)C(=O)CN1CC(c2ccc3c(c2)OCO3)C(C(=O)O)C1CCN1CCCC1=O. The van der Waals surface area contributed by atoms with Crippen molar-refractivity contribution in [3.05, 3.63) is 23.8 Å². The molecule has 4 rings (SSSR count). The zero-order valence-corrected chi connectivity index (χ0v) is 25.3. The van der Waals surface area contributed by atoms with Gasteiger partial charge in [-0.05, 0) is 49.8 Å². The van der Waals surface area contributed by atoms with Gasteiger partial charge in [0.1, 0.15) is 0 Å². The number of carboxylic acids is 1. The molecule has 10 nitrogen and oxygen atoms in total. The highest BCUT2D eigenvalue weighted by Crippen LogP contribution is 2.42. The Hall–Kier alpha value is -2.85. The molecule has 0 aromatic heterocycles. The van der Waals surface area contributed by atoms with E-state index in [1.54, 1.807) is 0 Å². The second kappa shape index (κ2) is 13.9. The van der Waals surface area contributed by atoms with Crippen LogP contribution in [0.4, 0.5) is 0 Å². The number of unbranched alkanes of at least 4 members (excludes halogenated alkanes) is 2. The number of fused-ring (bicyclic) bond motifs is 1. The summed E-state index contributed by atoms with van der Waals surface area (Å²) in [5.74, 6) is -0.404. The maximum absolute atomic E-state index is 13.8.